The van der Waals surface area contributed by atoms with Crippen molar-refractivity contribution < 1.29 is 37.9 Å². The molecule has 0 amide bonds. The third-order valence-electron chi connectivity index (χ3n) is 3.77. The average molecular weight is 381 g/mol. The van der Waals surface area contributed by atoms with Gasteiger partial charge in [-0.25, -0.2) is 18.1 Å². The van der Waals surface area contributed by atoms with Gasteiger partial charge in [-0.15, -0.1) is 0 Å². The smallest absolute Gasteiger partial charge is 0.365 e. The van der Waals surface area contributed by atoms with Crippen LogP contribution in [0.4, 0.5) is 5.82 Å². The Morgan fingerprint density at radius 3 is 2.42 bits per heavy atom. The number of rotatable bonds is 3. The lowest BCUT2D eigenvalue weighted by Gasteiger charge is -2.19. The molecule has 0 aliphatic carbocycles. The Labute approximate surface area is 150 Å². The number of nitrogens with one attached hydrogen (secondary N) is 3. The third kappa shape index (κ3) is 5.49. The molecule has 0 atom stereocenters. The molecular weight excluding hydrogens is 362 g/mol. The van der Waals surface area contributed by atoms with Crippen molar-refractivity contribution in [2.24, 2.45) is 0 Å². The Balaban J connectivity index is 0.000000189. The van der Waals surface area contributed by atoms with E-state index in [4.69, 9.17) is 5.11 Å². The van der Waals surface area contributed by atoms with Crippen molar-refractivity contribution in [1.29, 1.82) is 0 Å². The van der Waals surface area contributed by atoms with Crippen molar-refractivity contribution in [2.45, 2.75) is 4.90 Å². The third-order valence-corrected chi connectivity index (χ3v) is 4.60. The standard InChI is InChI=1S/C9H13N3.C7H6O6S/c1-2-4-11-9(3-1)12-7-5-10-6-8-12;8-6-2-1-4(14(11,12)13)3-5(6)7(9)10/h1-4,10H,5-8H2;1-3,8H,(H,9,10)(H,11,12,13). The normalized spacial score (nSPS) is 15.0. The van der Waals surface area contributed by atoms with E-state index in [1.807, 2.05) is 12.3 Å². The fourth-order valence-electron chi connectivity index (χ4n) is 2.44. The Hall–Kier alpha value is -2.53. The van der Waals surface area contributed by atoms with Crippen molar-refractivity contribution >= 4 is 21.9 Å². The lowest BCUT2D eigenvalue weighted by molar-refractivity contribution is -0.869. The van der Waals surface area contributed by atoms with E-state index in [2.05, 4.69) is 22.4 Å². The van der Waals surface area contributed by atoms with Gasteiger partial charge in [-0.05, 0) is 18.2 Å². The van der Waals surface area contributed by atoms with Crippen LogP contribution < -0.4 is 20.3 Å². The number of piperazine rings is 1. The highest BCUT2D eigenvalue weighted by Gasteiger charge is 2.19. The number of aromatic carboxylic acids is 1. The number of benzene rings is 1. The second kappa shape index (κ2) is 8.72. The summed E-state index contributed by atoms with van der Waals surface area (Å²) >= 11 is 0. The van der Waals surface area contributed by atoms with Crippen molar-refractivity contribution in [1.82, 2.24) is 5.32 Å². The van der Waals surface area contributed by atoms with Crippen LogP contribution in [0.2, 0.25) is 0 Å². The number of carboxylic acid groups (broad SMARTS) is 1. The van der Waals surface area contributed by atoms with Crippen LogP contribution in [0.5, 0.6) is 5.75 Å². The lowest BCUT2D eigenvalue weighted by Crippen LogP contribution is -3.11. The first-order valence-electron chi connectivity index (χ1n) is 7.82. The van der Waals surface area contributed by atoms with Crippen LogP contribution in [0.3, 0.4) is 0 Å². The summed E-state index contributed by atoms with van der Waals surface area (Å²) in [4.78, 5) is 14.5. The average Bonchev–Trinajstić information content (AvgIpc) is 2.63. The van der Waals surface area contributed by atoms with E-state index in [0.717, 1.165) is 25.2 Å². The van der Waals surface area contributed by atoms with E-state index >= 15 is 0 Å². The van der Waals surface area contributed by atoms with E-state index in [9.17, 15) is 22.9 Å². The molecule has 1 aromatic carbocycles. The maximum absolute atomic E-state index is 10.9. The van der Waals surface area contributed by atoms with Gasteiger partial charge in [-0.1, -0.05) is 11.8 Å². The van der Waals surface area contributed by atoms with Crippen molar-refractivity contribution in [2.75, 3.05) is 26.2 Å². The van der Waals surface area contributed by atoms with E-state index < -0.39 is 32.3 Å². The first-order valence-corrected chi connectivity index (χ1v) is 9.22. The fraction of sp³-hybridized carbons (Fsp3) is 0.250. The SMILES string of the molecule is O=C(O)c1cc(S(=O)(=O)[O-])ccc1[O-].c1ccc([NH+]2CCNCC2)[nH+]c1. The summed E-state index contributed by atoms with van der Waals surface area (Å²) in [5.41, 5.74) is -0.734. The van der Waals surface area contributed by atoms with E-state index in [-0.39, 0.29) is 0 Å². The van der Waals surface area contributed by atoms with Gasteiger partial charge in [-0.2, -0.15) is 4.98 Å². The van der Waals surface area contributed by atoms with Gasteiger partial charge >= 0.3 is 11.8 Å². The van der Waals surface area contributed by atoms with Crippen LogP contribution in [-0.4, -0.2) is 50.2 Å². The number of aromatic amines is 1. The van der Waals surface area contributed by atoms with E-state index in [1.54, 1.807) is 4.90 Å². The predicted octanol–water partition coefficient (Wildman–Crippen LogP) is -2.02. The topological polar surface area (TPSA) is 148 Å². The number of quaternary nitrogens is 1. The van der Waals surface area contributed by atoms with Crippen LogP contribution in [0, 0.1) is 0 Å². The van der Waals surface area contributed by atoms with Crippen LogP contribution >= 0.6 is 0 Å². The summed E-state index contributed by atoms with van der Waals surface area (Å²) in [7, 11) is -4.73. The van der Waals surface area contributed by atoms with E-state index in [0.29, 0.717) is 6.07 Å². The number of H-pyrrole nitrogens is 1. The van der Waals surface area contributed by atoms with Gasteiger partial charge in [0.25, 0.3) is 0 Å². The zero-order chi connectivity index (χ0) is 19.2. The van der Waals surface area contributed by atoms with Gasteiger partial charge in [0.2, 0.25) is 0 Å². The summed E-state index contributed by atoms with van der Waals surface area (Å²) in [6.45, 7) is 4.61. The highest BCUT2D eigenvalue weighted by Crippen LogP contribution is 2.18. The predicted molar refractivity (Wildman–Crippen MR) is 87.0 cm³/mol. The van der Waals surface area contributed by atoms with Gasteiger partial charge < -0.3 is 20.1 Å². The molecule has 1 aliphatic heterocycles. The Morgan fingerprint density at radius 2 is 1.88 bits per heavy atom. The molecule has 1 saturated heterocycles. The van der Waals surface area contributed by atoms with Crippen molar-refractivity contribution in [3.63, 3.8) is 0 Å². The molecule has 2 aromatic rings. The number of aromatic nitrogens is 1. The first-order chi connectivity index (χ1) is 12.3. The van der Waals surface area contributed by atoms with Gasteiger partial charge in [0.15, 0.2) is 6.20 Å². The van der Waals surface area contributed by atoms with Crippen LogP contribution in [0.1, 0.15) is 10.4 Å². The minimum atomic E-state index is -4.73. The van der Waals surface area contributed by atoms with Gasteiger partial charge in [-0.3, -0.25) is 0 Å². The molecule has 140 valence electrons. The second-order valence-corrected chi connectivity index (χ2v) is 6.93. The molecular formula is C16H19N3O6S. The van der Waals surface area contributed by atoms with E-state index in [1.165, 1.54) is 18.9 Å². The summed E-state index contributed by atoms with van der Waals surface area (Å²) in [6.07, 6.45) is 1.99. The molecule has 0 bridgehead atoms. The van der Waals surface area contributed by atoms with Gasteiger partial charge in [0.1, 0.15) is 10.1 Å². The van der Waals surface area contributed by atoms with Crippen LogP contribution in [0.25, 0.3) is 0 Å². The Kier molecular flexibility index (Phi) is 6.64. The molecule has 0 saturated carbocycles. The van der Waals surface area contributed by atoms with Crippen LogP contribution in [0.15, 0.2) is 47.5 Å². The summed E-state index contributed by atoms with van der Waals surface area (Å²) < 4.78 is 31.4. The van der Waals surface area contributed by atoms with Crippen molar-refractivity contribution in [3.05, 3.63) is 48.2 Å². The fourth-order valence-corrected chi connectivity index (χ4v) is 2.94. The molecule has 9 nitrogen and oxygen atoms in total. The number of carbonyl (C=O) groups is 1. The summed E-state index contributed by atoms with van der Waals surface area (Å²) in [6, 6.07) is 8.31. The molecule has 10 heteroatoms. The molecule has 1 fully saturated rings. The van der Waals surface area contributed by atoms with Crippen molar-refractivity contribution in [3.8, 4) is 5.75 Å². The maximum atomic E-state index is 10.9. The van der Waals surface area contributed by atoms with Crippen LogP contribution in [-0.2, 0) is 10.1 Å². The molecule has 0 radical (unpaired) electrons. The zero-order valence-electron chi connectivity index (χ0n) is 13.8. The maximum Gasteiger partial charge on any atom is 0.365 e. The molecule has 1 aromatic heterocycles. The second-order valence-electron chi connectivity index (χ2n) is 5.55. The number of hydrogen-bond donors (Lipinski definition) is 3. The van der Waals surface area contributed by atoms with Gasteiger partial charge in [0.05, 0.1) is 29.6 Å². The highest BCUT2D eigenvalue weighted by atomic mass is 32.2. The molecule has 1 aliphatic rings. The monoisotopic (exact) mass is 381 g/mol. The molecule has 0 spiro atoms. The molecule has 2 heterocycles. The minimum absolute atomic E-state index is 0.549. The Bertz CT molecular complexity index is 852. The van der Waals surface area contributed by atoms with Gasteiger partial charge in [0, 0.05) is 19.2 Å². The summed E-state index contributed by atoms with van der Waals surface area (Å²) in [5.74, 6) is -1.11. The molecule has 3 rings (SSSR count). The quantitative estimate of drug-likeness (QED) is 0.520. The largest absolute Gasteiger partial charge is 0.872 e. The highest BCUT2D eigenvalue weighted by molar-refractivity contribution is 7.85. The molecule has 4 N–H and O–H groups in total. The zero-order valence-corrected chi connectivity index (χ0v) is 14.6. The number of hydrogen-bond acceptors (Lipinski definition) is 6. The molecule has 0 unspecified atom stereocenters. The minimum Gasteiger partial charge on any atom is -0.872 e. The Morgan fingerprint density at radius 1 is 1.19 bits per heavy atom. The molecule has 26 heavy (non-hydrogen) atoms. The number of carboxylic acids is 1. The first kappa shape index (κ1) is 19.8. The lowest BCUT2D eigenvalue weighted by atomic mass is 10.2. The number of pyridine rings is 1. The summed E-state index contributed by atoms with van der Waals surface area (Å²) in [5, 5.41) is 22.7.